The van der Waals surface area contributed by atoms with Gasteiger partial charge < -0.3 is 5.73 Å². The molecule has 0 aliphatic heterocycles. The maximum absolute atomic E-state index is 11.6. The van der Waals surface area contributed by atoms with Gasteiger partial charge in [-0.15, -0.1) is 0 Å². The summed E-state index contributed by atoms with van der Waals surface area (Å²) < 4.78 is 0. The van der Waals surface area contributed by atoms with Gasteiger partial charge in [0.25, 0.3) is 0 Å². The number of aryl methyl sites for hydroxylation is 1. The Labute approximate surface area is 124 Å². The van der Waals surface area contributed by atoms with Gasteiger partial charge in [0.05, 0.1) is 0 Å². The highest BCUT2D eigenvalue weighted by molar-refractivity contribution is 6.05. The minimum atomic E-state index is 0.525. The lowest BCUT2D eigenvalue weighted by atomic mass is 9.91. The van der Waals surface area contributed by atoms with E-state index in [9.17, 15) is 4.79 Å². The van der Waals surface area contributed by atoms with Gasteiger partial charge in [-0.2, -0.15) is 0 Å². The van der Waals surface area contributed by atoms with Gasteiger partial charge in [-0.25, -0.2) is 0 Å². The first-order chi connectivity index (χ1) is 10.2. The van der Waals surface area contributed by atoms with Crippen molar-refractivity contribution in [3.8, 4) is 11.1 Å². The Morgan fingerprint density at radius 1 is 1.00 bits per heavy atom. The van der Waals surface area contributed by atoms with E-state index in [1.54, 1.807) is 0 Å². The Bertz CT molecular complexity index is 804. The normalized spacial score (nSPS) is 10.8. The monoisotopic (exact) mass is 275 g/mol. The Kier molecular flexibility index (Phi) is 3.55. The number of benzene rings is 3. The van der Waals surface area contributed by atoms with Crippen LogP contribution in [0.1, 0.15) is 21.5 Å². The van der Waals surface area contributed by atoms with Crippen molar-refractivity contribution in [1.29, 1.82) is 0 Å². The van der Waals surface area contributed by atoms with Crippen molar-refractivity contribution in [3.63, 3.8) is 0 Å². The highest BCUT2D eigenvalue weighted by atomic mass is 16.1. The van der Waals surface area contributed by atoms with Gasteiger partial charge in [-0.05, 0) is 39.9 Å². The largest absolute Gasteiger partial charge is 0.326 e. The van der Waals surface area contributed by atoms with Gasteiger partial charge in [-0.3, -0.25) is 4.79 Å². The van der Waals surface area contributed by atoms with E-state index in [1.165, 1.54) is 5.56 Å². The molecule has 0 amide bonds. The average molecular weight is 275 g/mol. The molecule has 0 unspecified atom stereocenters. The lowest BCUT2D eigenvalue weighted by molar-refractivity contribution is 0.112. The molecule has 2 heteroatoms. The van der Waals surface area contributed by atoms with Crippen LogP contribution in [0.3, 0.4) is 0 Å². The molecule has 0 aliphatic rings. The minimum absolute atomic E-state index is 0.525. The van der Waals surface area contributed by atoms with Gasteiger partial charge in [0.2, 0.25) is 0 Å². The topological polar surface area (TPSA) is 43.1 Å². The molecule has 3 rings (SSSR count). The summed E-state index contributed by atoms with van der Waals surface area (Å²) in [6.07, 6.45) is 0.952. The summed E-state index contributed by atoms with van der Waals surface area (Å²) in [7, 11) is 0. The van der Waals surface area contributed by atoms with Gasteiger partial charge in [-0.1, -0.05) is 54.6 Å². The van der Waals surface area contributed by atoms with Crippen LogP contribution in [0.2, 0.25) is 0 Å². The Hall–Kier alpha value is -2.45. The molecule has 0 radical (unpaired) electrons. The lowest BCUT2D eigenvalue weighted by Gasteiger charge is -2.12. The number of carbonyl (C=O) groups is 1. The van der Waals surface area contributed by atoms with Crippen molar-refractivity contribution in [2.45, 2.75) is 13.5 Å². The maximum atomic E-state index is 11.6. The van der Waals surface area contributed by atoms with E-state index in [4.69, 9.17) is 5.73 Å². The van der Waals surface area contributed by atoms with E-state index in [2.05, 4.69) is 19.1 Å². The second kappa shape index (κ2) is 5.51. The van der Waals surface area contributed by atoms with E-state index in [0.29, 0.717) is 6.54 Å². The predicted octanol–water partition coefficient (Wildman–Crippen LogP) is 4.09. The van der Waals surface area contributed by atoms with Gasteiger partial charge in [0.1, 0.15) is 0 Å². The molecule has 2 N–H and O–H groups in total. The first kappa shape index (κ1) is 13.5. The lowest BCUT2D eigenvalue weighted by Crippen LogP contribution is -1.96. The molecule has 0 bridgehead atoms. The molecule has 0 aromatic heterocycles. The molecule has 0 heterocycles. The first-order valence-electron chi connectivity index (χ1n) is 7.01. The second-order valence-corrected chi connectivity index (χ2v) is 5.22. The van der Waals surface area contributed by atoms with Crippen LogP contribution in [0.5, 0.6) is 0 Å². The highest BCUT2D eigenvalue weighted by Crippen LogP contribution is 2.31. The molecule has 0 aliphatic carbocycles. The van der Waals surface area contributed by atoms with Crippen molar-refractivity contribution >= 4 is 17.1 Å². The summed E-state index contributed by atoms with van der Waals surface area (Å²) in [4.78, 5) is 11.6. The van der Waals surface area contributed by atoms with E-state index in [1.807, 2.05) is 42.5 Å². The molecule has 0 saturated heterocycles. The quantitative estimate of drug-likeness (QED) is 0.732. The van der Waals surface area contributed by atoms with Crippen molar-refractivity contribution in [3.05, 3.63) is 71.3 Å². The molecule has 3 aromatic rings. The van der Waals surface area contributed by atoms with E-state index in [0.717, 1.165) is 39.3 Å². The molecule has 0 fully saturated rings. The van der Waals surface area contributed by atoms with Crippen LogP contribution in [0.4, 0.5) is 0 Å². The van der Waals surface area contributed by atoms with Crippen LogP contribution in [0, 0.1) is 6.92 Å². The number of aldehydes is 1. The number of fused-ring (bicyclic) bond motifs is 1. The second-order valence-electron chi connectivity index (χ2n) is 5.22. The third kappa shape index (κ3) is 2.34. The fourth-order valence-electron chi connectivity index (χ4n) is 2.77. The maximum Gasteiger partial charge on any atom is 0.151 e. The molecular weight excluding hydrogens is 258 g/mol. The van der Waals surface area contributed by atoms with Crippen LogP contribution in [-0.4, -0.2) is 6.29 Å². The van der Waals surface area contributed by atoms with Crippen molar-refractivity contribution in [1.82, 2.24) is 0 Å². The van der Waals surface area contributed by atoms with Crippen LogP contribution in [0.25, 0.3) is 21.9 Å². The van der Waals surface area contributed by atoms with Crippen molar-refractivity contribution < 1.29 is 4.79 Å². The Balaban J connectivity index is 2.28. The van der Waals surface area contributed by atoms with Crippen LogP contribution >= 0.6 is 0 Å². The molecule has 0 spiro atoms. The standard InChI is InChI=1S/C19H17NO/c1-13-10-18(15-8-6-14(11-20)7-9-15)19(12-21)17-5-3-2-4-16(13)17/h2-10,12H,11,20H2,1H3. The third-order valence-corrected chi connectivity index (χ3v) is 3.91. The SMILES string of the molecule is Cc1cc(-c2ccc(CN)cc2)c(C=O)c2ccccc12. The smallest absolute Gasteiger partial charge is 0.151 e. The number of hydrogen-bond donors (Lipinski definition) is 1. The summed E-state index contributed by atoms with van der Waals surface area (Å²) in [5, 5.41) is 2.13. The van der Waals surface area contributed by atoms with E-state index >= 15 is 0 Å². The molecular formula is C19H17NO. The molecule has 2 nitrogen and oxygen atoms in total. The zero-order valence-corrected chi connectivity index (χ0v) is 12.0. The van der Waals surface area contributed by atoms with E-state index in [-0.39, 0.29) is 0 Å². The number of carbonyl (C=O) groups excluding carboxylic acids is 1. The number of rotatable bonds is 3. The van der Waals surface area contributed by atoms with E-state index < -0.39 is 0 Å². The summed E-state index contributed by atoms with van der Waals surface area (Å²) in [6, 6.07) is 18.2. The molecule has 104 valence electrons. The van der Waals surface area contributed by atoms with Crippen molar-refractivity contribution in [2.75, 3.05) is 0 Å². The average Bonchev–Trinajstić information content (AvgIpc) is 2.55. The third-order valence-electron chi connectivity index (χ3n) is 3.91. The number of hydrogen-bond acceptors (Lipinski definition) is 2. The summed E-state index contributed by atoms with van der Waals surface area (Å²) in [6.45, 7) is 2.60. The van der Waals surface area contributed by atoms with Crippen LogP contribution < -0.4 is 5.73 Å². The molecule has 0 saturated carbocycles. The molecule has 3 aromatic carbocycles. The summed E-state index contributed by atoms with van der Waals surface area (Å²) >= 11 is 0. The van der Waals surface area contributed by atoms with Gasteiger partial charge in [0, 0.05) is 12.1 Å². The van der Waals surface area contributed by atoms with Crippen LogP contribution in [-0.2, 0) is 6.54 Å². The molecule has 21 heavy (non-hydrogen) atoms. The Morgan fingerprint density at radius 3 is 2.29 bits per heavy atom. The number of nitrogens with two attached hydrogens (primary N) is 1. The fraction of sp³-hybridized carbons (Fsp3) is 0.105. The zero-order chi connectivity index (χ0) is 14.8. The van der Waals surface area contributed by atoms with Crippen LogP contribution in [0.15, 0.2) is 54.6 Å². The first-order valence-corrected chi connectivity index (χ1v) is 7.01. The van der Waals surface area contributed by atoms with Crippen molar-refractivity contribution in [2.24, 2.45) is 5.73 Å². The Morgan fingerprint density at radius 2 is 1.67 bits per heavy atom. The minimum Gasteiger partial charge on any atom is -0.326 e. The fourth-order valence-corrected chi connectivity index (χ4v) is 2.77. The highest BCUT2D eigenvalue weighted by Gasteiger charge is 2.11. The summed E-state index contributed by atoms with van der Waals surface area (Å²) in [5.41, 5.74) is 10.7. The van der Waals surface area contributed by atoms with Gasteiger partial charge >= 0.3 is 0 Å². The molecule has 0 atom stereocenters. The van der Waals surface area contributed by atoms with Gasteiger partial charge in [0.15, 0.2) is 6.29 Å². The zero-order valence-electron chi connectivity index (χ0n) is 12.0. The summed E-state index contributed by atoms with van der Waals surface area (Å²) in [5.74, 6) is 0. The predicted molar refractivity (Wildman–Crippen MR) is 87.4 cm³/mol.